The molecule has 0 aliphatic carbocycles. The lowest BCUT2D eigenvalue weighted by atomic mass is 10.1. The highest BCUT2D eigenvalue weighted by Crippen LogP contribution is 2.34. The first-order valence-electron chi connectivity index (χ1n) is 6.56. The third kappa shape index (κ3) is 2.72. The minimum Gasteiger partial charge on any atom is -0.315 e. The number of benzene rings is 1. The summed E-state index contributed by atoms with van der Waals surface area (Å²) in [6.45, 7) is 6.50. The summed E-state index contributed by atoms with van der Waals surface area (Å²) in [5.74, 6) is -0.122. The van der Waals surface area contributed by atoms with Crippen LogP contribution in [0.3, 0.4) is 0 Å². The summed E-state index contributed by atoms with van der Waals surface area (Å²) in [6.07, 6.45) is 0.825. The van der Waals surface area contributed by atoms with Crippen molar-refractivity contribution in [2.45, 2.75) is 26.7 Å². The second kappa shape index (κ2) is 6.13. The van der Waals surface area contributed by atoms with Crippen molar-refractivity contribution in [3.05, 3.63) is 40.7 Å². The van der Waals surface area contributed by atoms with Crippen molar-refractivity contribution in [3.8, 4) is 0 Å². The molecule has 2 aromatic rings. The highest BCUT2D eigenvalue weighted by Gasteiger charge is 2.19. The summed E-state index contributed by atoms with van der Waals surface area (Å²) in [5, 5.41) is 0.656. The maximum absolute atomic E-state index is 13.9. The van der Waals surface area contributed by atoms with Gasteiger partial charge in [-0.25, -0.2) is 9.37 Å². The smallest absolute Gasteiger partial charge is 0.190 e. The van der Waals surface area contributed by atoms with Gasteiger partial charge < -0.3 is 4.90 Å². The highest BCUT2D eigenvalue weighted by molar-refractivity contribution is 7.17. The summed E-state index contributed by atoms with van der Waals surface area (Å²) < 4.78 is 13.9. The topological polar surface area (TPSA) is 33.2 Å². The van der Waals surface area contributed by atoms with Crippen LogP contribution in [0, 0.1) is 5.82 Å². The molecule has 0 unspecified atom stereocenters. The Labute approximate surface area is 122 Å². The van der Waals surface area contributed by atoms with E-state index in [1.165, 1.54) is 17.4 Å². The van der Waals surface area contributed by atoms with Crippen molar-refractivity contribution in [3.63, 3.8) is 0 Å². The first-order chi connectivity index (χ1) is 9.58. The van der Waals surface area contributed by atoms with Gasteiger partial charge in [-0.05, 0) is 25.0 Å². The van der Waals surface area contributed by atoms with Crippen molar-refractivity contribution in [1.82, 2.24) is 4.98 Å². The van der Waals surface area contributed by atoms with E-state index in [1.807, 2.05) is 20.8 Å². The van der Waals surface area contributed by atoms with Crippen molar-refractivity contribution >= 4 is 28.4 Å². The molecule has 20 heavy (non-hydrogen) atoms. The van der Waals surface area contributed by atoms with Gasteiger partial charge in [-0.3, -0.25) is 4.79 Å². The number of aromatic nitrogens is 1. The van der Waals surface area contributed by atoms with E-state index in [2.05, 4.69) is 4.98 Å². The first kappa shape index (κ1) is 14.7. The SMILES string of the molecule is CCN(c1nc(C(C)C)c(C=O)s1)c1ccccc1F. The molecule has 0 N–H and O–H groups in total. The van der Waals surface area contributed by atoms with Crippen LogP contribution in [-0.4, -0.2) is 17.8 Å². The number of para-hydroxylation sites is 1. The summed E-state index contributed by atoms with van der Waals surface area (Å²) >= 11 is 1.30. The van der Waals surface area contributed by atoms with E-state index in [9.17, 15) is 9.18 Å². The van der Waals surface area contributed by atoms with Crippen LogP contribution in [0.15, 0.2) is 24.3 Å². The van der Waals surface area contributed by atoms with Gasteiger partial charge in [0.2, 0.25) is 0 Å². The van der Waals surface area contributed by atoms with Gasteiger partial charge in [-0.1, -0.05) is 37.3 Å². The molecule has 0 aliphatic rings. The summed E-state index contributed by atoms with van der Waals surface area (Å²) in [5.41, 5.74) is 1.26. The van der Waals surface area contributed by atoms with Crippen LogP contribution in [0.2, 0.25) is 0 Å². The Bertz CT molecular complexity index is 610. The zero-order chi connectivity index (χ0) is 14.7. The number of aldehydes is 1. The molecule has 1 heterocycles. The van der Waals surface area contributed by atoms with E-state index in [0.717, 1.165) is 12.0 Å². The van der Waals surface area contributed by atoms with Crippen LogP contribution in [0.1, 0.15) is 42.1 Å². The van der Waals surface area contributed by atoms with Crippen LogP contribution in [0.25, 0.3) is 0 Å². The van der Waals surface area contributed by atoms with E-state index in [-0.39, 0.29) is 11.7 Å². The summed E-state index contributed by atoms with van der Waals surface area (Å²) in [4.78, 5) is 18.1. The second-order valence-electron chi connectivity index (χ2n) is 4.71. The average Bonchev–Trinajstić information content (AvgIpc) is 2.86. The molecule has 2 rings (SSSR count). The predicted molar refractivity (Wildman–Crippen MR) is 80.7 cm³/mol. The number of anilines is 2. The second-order valence-corrected chi connectivity index (χ2v) is 5.72. The van der Waals surface area contributed by atoms with Crippen molar-refractivity contribution in [2.75, 3.05) is 11.4 Å². The summed E-state index contributed by atoms with van der Waals surface area (Å²) in [7, 11) is 0. The van der Waals surface area contributed by atoms with E-state index >= 15 is 0 Å². The number of carbonyl (C=O) groups is 1. The average molecular weight is 292 g/mol. The largest absolute Gasteiger partial charge is 0.315 e. The number of rotatable bonds is 5. The van der Waals surface area contributed by atoms with E-state index in [1.54, 1.807) is 23.1 Å². The number of hydrogen-bond donors (Lipinski definition) is 0. The summed E-state index contributed by atoms with van der Waals surface area (Å²) in [6, 6.07) is 6.59. The Balaban J connectivity index is 2.48. The molecule has 0 amide bonds. The van der Waals surface area contributed by atoms with Gasteiger partial charge in [0.25, 0.3) is 0 Å². The minimum absolute atomic E-state index is 0.166. The number of hydrogen-bond acceptors (Lipinski definition) is 4. The monoisotopic (exact) mass is 292 g/mol. The fourth-order valence-corrected chi connectivity index (χ4v) is 3.14. The molecule has 0 aliphatic heterocycles. The molecule has 0 fully saturated rings. The Hall–Kier alpha value is -1.75. The van der Waals surface area contributed by atoms with Crippen LogP contribution in [0.5, 0.6) is 0 Å². The fourth-order valence-electron chi connectivity index (χ4n) is 2.02. The molecule has 0 atom stereocenters. The Morgan fingerprint density at radius 1 is 1.40 bits per heavy atom. The normalized spacial score (nSPS) is 10.8. The van der Waals surface area contributed by atoms with Crippen molar-refractivity contribution in [2.24, 2.45) is 0 Å². The predicted octanol–water partition coefficient (Wildman–Crippen LogP) is 4.38. The molecule has 0 saturated carbocycles. The molecule has 0 bridgehead atoms. The van der Waals surface area contributed by atoms with E-state index < -0.39 is 0 Å². The fraction of sp³-hybridized carbons (Fsp3) is 0.333. The lowest BCUT2D eigenvalue weighted by Gasteiger charge is -2.20. The quantitative estimate of drug-likeness (QED) is 0.767. The molecule has 5 heteroatoms. The van der Waals surface area contributed by atoms with E-state index in [4.69, 9.17) is 0 Å². The maximum atomic E-state index is 13.9. The molecular formula is C15H17FN2OS. The van der Waals surface area contributed by atoms with Gasteiger partial charge in [0.1, 0.15) is 5.82 Å². The zero-order valence-corrected chi connectivity index (χ0v) is 12.6. The van der Waals surface area contributed by atoms with Gasteiger partial charge in [0.15, 0.2) is 11.4 Å². The van der Waals surface area contributed by atoms with Gasteiger partial charge in [0, 0.05) is 6.54 Å². The molecule has 0 radical (unpaired) electrons. The maximum Gasteiger partial charge on any atom is 0.190 e. The molecular weight excluding hydrogens is 275 g/mol. The van der Waals surface area contributed by atoms with Gasteiger partial charge in [0.05, 0.1) is 16.3 Å². The molecule has 3 nitrogen and oxygen atoms in total. The van der Waals surface area contributed by atoms with Crippen LogP contribution >= 0.6 is 11.3 Å². The molecule has 1 aromatic heterocycles. The number of nitrogens with zero attached hydrogens (tertiary/aromatic N) is 2. The van der Waals surface area contributed by atoms with Crippen LogP contribution in [0.4, 0.5) is 15.2 Å². The number of carbonyl (C=O) groups excluding carboxylic acids is 1. The molecule has 0 spiro atoms. The molecule has 0 saturated heterocycles. The van der Waals surface area contributed by atoms with Gasteiger partial charge >= 0.3 is 0 Å². The molecule has 106 valence electrons. The lowest BCUT2D eigenvalue weighted by molar-refractivity contribution is 0.112. The van der Waals surface area contributed by atoms with Crippen LogP contribution < -0.4 is 4.90 Å². The van der Waals surface area contributed by atoms with Gasteiger partial charge in [-0.15, -0.1) is 0 Å². The minimum atomic E-state index is -0.289. The Morgan fingerprint density at radius 3 is 2.60 bits per heavy atom. The van der Waals surface area contributed by atoms with E-state index in [0.29, 0.717) is 22.2 Å². The third-order valence-corrected chi connectivity index (χ3v) is 4.03. The third-order valence-electron chi connectivity index (χ3n) is 3.01. The van der Waals surface area contributed by atoms with Gasteiger partial charge in [-0.2, -0.15) is 0 Å². The van der Waals surface area contributed by atoms with Crippen LogP contribution in [-0.2, 0) is 0 Å². The Morgan fingerprint density at radius 2 is 2.10 bits per heavy atom. The highest BCUT2D eigenvalue weighted by atomic mass is 32.1. The molecule has 1 aromatic carbocycles. The zero-order valence-electron chi connectivity index (χ0n) is 11.8. The number of halogens is 1. The number of thiazole rings is 1. The first-order valence-corrected chi connectivity index (χ1v) is 7.38. The lowest BCUT2D eigenvalue weighted by Crippen LogP contribution is -2.17. The standard InChI is InChI=1S/C15H17FN2OS/c1-4-18(12-8-6-5-7-11(12)16)15-17-14(10(2)3)13(9-19)20-15/h5-10H,4H2,1-3H3. The van der Waals surface area contributed by atoms with Crippen molar-refractivity contribution in [1.29, 1.82) is 0 Å². The Kier molecular flexibility index (Phi) is 4.49. The van der Waals surface area contributed by atoms with Crippen molar-refractivity contribution < 1.29 is 9.18 Å².